The number of hydrogen-bond donors (Lipinski definition) is 2. The van der Waals surface area contributed by atoms with Crippen LogP contribution in [-0.2, 0) is 28.5 Å². The second-order valence-electron chi connectivity index (χ2n) is 5.79. The molecule has 2 N–H and O–H groups in total. The molecule has 0 rings (SSSR count). The van der Waals surface area contributed by atoms with Gasteiger partial charge in [0.1, 0.15) is 12.9 Å². The molecule has 0 fully saturated rings. The minimum atomic E-state index is -0.498. The average Bonchev–Trinajstić information content (AvgIpc) is 2.67. The number of amides is 2. The van der Waals surface area contributed by atoms with Crippen LogP contribution in [0.3, 0.4) is 0 Å². The molecule has 0 aliphatic heterocycles. The maximum atomic E-state index is 11.7. The van der Waals surface area contributed by atoms with Gasteiger partial charge in [-0.3, -0.25) is 4.79 Å². The van der Waals surface area contributed by atoms with Crippen molar-refractivity contribution in [2.24, 2.45) is 0 Å². The highest BCUT2D eigenvalue weighted by Gasteiger charge is 2.11. The molecule has 0 aliphatic carbocycles. The molecule has 27 heavy (non-hydrogen) atoms. The number of alkyl carbamates (subject to hydrolysis) is 1. The standard InChI is InChI=1S/C18H34N2O7/c1-3-16(15-27-18(23)20-8-13-24-2)26-12-6-7-17(22)19-9-14-25-11-5-4-10-21/h10,16H,3-9,11-15H2,1-2H3,(H,19,22)(H,20,23). The van der Waals surface area contributed by atoms with Gasteiger partial charge in [-0.25, -0.2) is 4.79 Å². The fourth-order valence-electron chi connectivity index (χ4n) is 1.96. The molecule has 0 heterocycles. The van der Waals surface area contributed by atoms with Crippen LogP contribution in [0.2, 0.25) is 0 Å². The lowest BCUT2D eigenvalue weighted by molar-refractivity contribution is -0.121. The van der Waals surface area contributed by atoms with Crippen molar-refractivity contribution in [1.29, 1.82) is 0 Å². The van der Waals surface area contributed by atoms with Crippen molar-refractivity contribution < 1.29 is 33.3 Å². The molecule has 0 spiro atoms. The normalized spacial score (nSPS) is 11.6. The number of nitrogens with one attached hydrogen (secondary N) is 2. The Balaban J connectivity index is 3.59. The van der Waals surface area contributed by atoms with Gasteiger partial charge in [0.2, 0.25) is 5.91 Å². The summed E-state index contributed by atoms with van der Waals surface area (Å²) in [6.07, 6.45) is 3.02. The van der Waals surface area contributed by atoms with Gasteiger partial charge in [-0.05, 0) is 19.3 Å². The summed E-state index contributed by atoms with van der Waals surface area (Å²) in [5.74, 6) is -0.0584. The van der Waals surface area contributed by atoms with Crippen molar-refractivity contribution in [1.82, 2.24) is 10.6 Å². The van der Waals surface area contributed by atoms with Gasteiger partial charge in [-0.15, -0.1) is 0 Å². The Bertz CT molecular complexity index is 394. The van der Waals surface area contributed by atoms with Crippen molar-refractivity contribution in [3.05, 3.63) is 0 Å². The molecule has 0 bridgehead atoms. The molecule has 0 aromatic rings. The van der Waals surface area contributed by atoms with Crippen LogP contribution >= 0.6 is 0 Å². The molecule has 0 saturated heterocycles. The van der Waals surface area contributed by atoms with Crippen LogP contribution in [0.25, 0.3) is 0 Å². The summed E-state index contributed by atoms with van der Waals surface area (Å²) in [5.41, 5.74) is 0. The third-order valence-corrected chi connectivity index (χ3v) is 3.51. The van der Waals surface area contributed by atoms with Crippen LogP contribution in [0.5, 0.6) is 0 Å². The molecule has 0 saturated carbocycles. The Labute approximate surface area is 161 Å². The number of unbranched alkanes of at least 4 members (excludes halogenated alkanes) is 1. The maximum Gasteiger partial charge on any atom is 0.407 e. The first kappa shape index (κ1) is 25.3. The zero-order chi connectivity index (χ0) is 20.2. The zero-order valence-electron chi connectivity index (χ0n) is 16.5. The summed E-state index contributed by atoms with van der Waals surface area (Å²) in [6.45, 7) is 4.76. The van der Waals surface area contributed by atoms with Crippen molar-refractivity contribution in [3.8, 4) is 0 Å². The van der Waals surface area contributed by atoms with Crippen molar-refractivity contribution in [3.63, 3.8) is 0 Å². The van der Waals surface area contributed by atoms with E-state index >= 15 is 0 Å². The second kappa shape index (κ2) is 19.1. The van der Waals surface area contributed by atoms with Gasteiger partial charge in [0.15, 0.2) is 0 Å². The number of hydrogen-bond acceptors (Lipinski definition) is 7. The fraction of sp³-hybridized carbons (Fsp3) is 0.833. The van der Waals surface area contributed by atoms with Crippen molar-refractivity contribution in [2.75, 3.05) is 53.2 Å². The topological polar surface area (TPSA) is 112 Å². The van der Waals surface area contributed by atoms with Crippen molar-refractivity contribution in [2.45, 2.75) is 45.1 Å². The second-order valence-corrected chi connectivity index (χ2v) is 5.79. The average molecular weight is 390 g/mol. The van der Waals surface area contributed by atoms with Gasteiger partial charge in [0.25, 0.3) is 0 Å². The van der Waals surface area contributed by atoms with E-state index in [9.17, 15) is 14.4 Å². The largest absolute Gasteiger partial charge is 0.447 e. The van der Waals surface area contributed by atoms with E-state index in [-0.39, 0.29) is 18.6 Å². The smallest absolute Gasteiger partial charge is 0.407 e. The van der Waals surface area contributed by atoms with E-state index in [1.165, 1.54) is 0 Å². The summed E-state index contributed by atoms with van der Waals surface area (Å²) in [6, 6.07) is 0. The summed E-state index contributed by atoms with van der Waals surface area (Å²) in [4.78, 5) is 33.2. The van der Waals surface area contributed by atoms with E-state index in [1.807, 2.05) is 6.92 Å². The maximum absolute atomic E-state index is 11.7. The number of aldehydes is 1. The van der Waals surface area contributed by atoms with E-state index in [2.05, 4.69) is 10.6 Å². The number of ether oxygens (including phenoxy) is 4. The van der Waals surface area contributed by atoms with Crippen LogP contribution in [0.15, 0.2) is 0 Å². The van der Waals surface area contributed by atoms with Gasteiger partial charge in [-0.2, -0.15) is 0 Å². The lowest BCUT2D eigenvalue weighted by atomic mass is 10.3. The van der Waals surface area contributed by atoms with Gasteiger partial charge >= 0.3 is 6.09 Å². The molecule has 158 valence electrons. The van der Waals surface area contributed by atoms with E-state index in [4.69, 9.17) is 18.9 Å². The zero-order valence-corrected chi connectivity index (χ0v) is 16.5. The van der Waals surface area contributed by atoms with Crippen LogP contribution < -0.4 is 10.6 Å². The van der Waals surface area contributed by atoms with Crippen LogP contribution in [0.1, 0.15) is 39.0 Å². The summed E-state index contributed by atoms with van der Waals surface area (Å²) in [7, 11) is 1.56. The summed E-state index contributed by atoms with van der Waals surface area (Å²) >= 11 is 0. The Morgan fingerprint density at radius 2 is 1.81 bits per heavy atom. The van der Waals surface area contributed by atoms with Crippen LogP contribution in [0, 0.1) is 0 Å². The fourth-order valence-corrected chi connectivity index (χ4v) is 1.96. The molecule has 9 heteroatoms. The minimum Gasteiger partial charge on any atom is -0.447 e. The molecule has 0 aliphatic rings. The lowest BCUT2D eigenvalue weighted by Crippen LogP contribution is -2.31. The lowest BCUT2D eigenvalue weighted by Gasteiger charge is -2.16. The first-order valence-corrected chi connectivity index (χ1v) is 9.43. The third kappa shape index (κ3) is 17.5. The SMILES string of the molecule is CCC(COC(=O)NCCOC)OCCCC(=O)NCCOCCCC=O. The molecule has 0 radical (unpaired) electrons. The molecule has 1 unspecified atom stereocenters. The predicted octanol–water partition coefficient (Wildman–Crippen LogP) is 1.05. The van der Waals surface area contributed by atoms with Crippen LogP contribution in [-0.4, -0.2) is 77.6 Å². The third-order valence-electron chi connectivity index (χ3n) is 3.51. The van der Waals surface area contributed by atoms with Gasteiger partial charge in [0.05, 0.1) is 19.3 Å². The monoisotopic (exact) mass is 390 g/mol. The highest BCUT2D eigenvalue weighted by Crippen LogP contribution is 2.02. The van der Waals surface area contributed by atoms with Crippen molar-refractivity contribution >= 4 is 18.3 Å². The quantitative estimate of drug-likeness (QED) is 0.266. The molecular weight excluding hydrogens is 356 g/mol. The molecule has 0 aromatic carbocycles. The Morgan fingerprint density at radius 1 is 1.04 bits per heavy atom. The number of carbonyl (C=O) groups is 3. The van der Waals surface area contributed by atoms with E-state index in [0.29, 0.717) is 71.6 Å². The van der Waals surface area contributed by atoms with E-state index in [1.54, 1.807) is 7.11 Å². The Morgan fingerprint density at radius 3 is 2.52 bits per heavy atom. The first-order valence-electron chi connectivity index (χ1n) is 9.43. The molecule has 9 nitrogen and oxygen atoms in total. The molecule has 1 atom stereocenters. The molecule has 2 amide bonds. The number of rotatable bonds is 18. The highest BCUT2D eigenvalue weighted by molar-refractivity contribution is 5.75. The van der Waals surface area contributed by atoms with Gasteiger partial charge < -0.3 is 34.4 Å². The van der Waals surface area contributed by atoms with Gasteiger partial charge in [-0.1, -0.05) is 6.92 Å². The Hall–Kier alpha value is -1.71. The number of carbonyl (C=O) groups excluding carboxylic acids is 3. The van der Waals surface area contributed by atoms with Crippen LogP contribution in [0.4, 0.5) is 4.79 Å². The summed E-state index contributed by atoms with van der Waals surface area (Å²) in [5, 5.41) is 5.33. The van der Waals surface area contributed by atoms with Gasteiger partial charge in [0, 0.05) is 46.3 Å². The molecule has 0 aromatic heterocycles. The Kier molecular flexibility index (Phi) is 17.9. The van der Waals surface area contributed by atoms with E-state index in [0.717, 1.165) is 6.29 Å². The molecular formula is C18H34N2O7. The van der Waals surface area contributed by atoms with E-state index < -0.39 is 6.09 Å². The summed E-state index contributed by atoms with van der Waals surface area (Å²) < 4.78 is 20.8. The highest BCUT2D eigenvalue weighted by atomic mass is 16.6. The predicted molar refractivity (Wildman–Crippen MR) is 99.6 cm³/mol. The minimum absolute atomic E-state index is 0.0584. The number of methoxy groups -OCH3 is 1. The first-order chi connectivity index (χ1) is 13.1.